The van der Waals surface area contributed by atoms with Crippen molar-refractivity contribution in [1.82, 2.24) is 0 Å². The SMILES string of the molecule is CC1(C)CC1C(=O)Nc1ccc(Cc2ccc(NC(=O)C3CC3(C)C)cc2)cc1.Cc1ccc(CCNc2ccc(Cc3ccc(NC(=O)C4CC4(C)C)cc3)cc2)cc1. The topological polar surface area (TPSA) is 99.3 Å². The first-order valence-corrected chi connectivity index (χ1v) is 21.6. The van der Waals surface area contributed by atoms with Gasteiger partial charge < -0.3 is 21.3 Å². The van der Waals surface area contributed by atoms with Gasteiger partial charge in [-0.2, -0.15) is 0 Å². The van der Waals surface area contributed by atoms with Gasteiger partial charge in [0.1, 0.15) is 0 Å². The van der Waals surface area contributed by atoms with E-state index >= 15 is 0 Å². The van der Waals surface area contributed by atoms with Crippen LogP contribution in [0.2, 0.25) is 0 Å². The molecule has 3 atom stereocenters. The Balaban J connectivity index is 0.000000182. The Hall–Kier alpha value is -5.69. The van der Waals surface area contributed by atoms with Crippen LogP contribution in [0.15, 0.2) is 121 Å². The number of amides is 3. The monoisotopic (exact) mass is 802 g/mol. The summed E-state index contributed by atoms with van der Waals surface area (Å²) in [4.78, 5) is 36.7. The fraction of sp³-hybridized carbons (Fsp3) is 0.377. The van der Waals surface area contributed by atoms with E-state index < -0.39 is 0 Å². The van der Waals surface area contributed by atoms with Gasteiger partial charge in [-0.25, -0.2) is 0 Å². The predicted octanol–water partition coefficient (Wildman–Crippen LogP) is 11.5. The molecule has 3 saturated carbocycles. The van der Waals surface area contributed by atoms with Crippen molar-refractivity contribution in [1.29, 1.82) is 0 Å². The lowest BCUT2D eigenvalue weighted by atomic mass is 10.0. The minimum atomic E-state index is 0.120. The molecular formula is C53H62N4O3. The van der Waals surface area contributed by atoms with Gasteiger partial charge in [-0.05, 0) is 138 Å². The molecule has 0 aromatic heterocycles. The highest BCUT2D eigenvalue weighted by Crippen LogP contribution is 2.53. The van der Waals surface area contributed by atoms with Crippen LogP contribution in [0.3, 0.4) is 0 Å². The number of carbonyl (C=O) groups excluding carboxylic acids is 3. The van der Waals surface area contributed by atoms with Crippen molar-refractivity contribution < 1.29 is 14.4 Å². The lowest BCUT2D eigenvalue weighted by Crippen LogP contribution is -2.16. The highest BCUT2D eigenvalue weighted by atomic mass is 16.2. The zero-order valence-electron chi connectivity index (χ0n) is 36.5. The number of hydrogen-bond acceptors (Lipinski definition) is 4. The zero-order valence-corrected chi connectivity index (χ0v) is 36.5. The molecular weight excluding hydrogens is 741 g/mol. The predicted molar refractivity (Wildman–Crippen MR) is 246 cm³/mol. The first-order chi connectivity index (χ1) is 28.5. The molecule has 5 aromatic rings. The van der Waals surface area contributed by atoms with E-state index in [0.29, 0.717) is 0 Å². The summed E-state index contributed by atoms with van der Waals surface area (Å²) in [6.45, 7) is 15.8. The van der Waals surface area contributed by atoms with Crippen molar-refractivity contribution in [2.24, 2.45) is 34.0 Å². The van der Waals surface area contributed by atoms with Crippen LogP contribution in [0.25, 0.3) is 0 Å². The summed E-state index contributed by atoms with van der Waals surface area (Å²) >= 11 is 0. The molecule has 0 bridgehead atoms. The molecule has 3 amide bonds. The minimum Gasteiger partial charge on any atom is -0.385 e. The molecule has 7 heteroatoms. The molecule has 3 aliphatic rings. The van der Waals surface area contributed by atoms with Gasteiger partial charge in [-0.1, -0.05) is 120 Å². The summed E-state index contributed by atoms with van der Waals surface area (Å²) < 4.78 is 0. The lowest BCUT2D eigenvalue weighted by molar-refractivity contribution is -0.118. The van der Waals surface area contributed by atoms with Gasteiger partial charge in [0.2, 0.25) is 17.7 Å². The van der Waals surface area contributed by atoms with Gasteiger partial charge in [0.15, 0.2) is 0 Å². The number of anilines is 4. The van der Waals surface area contributed by atoms with Crippen LogP contribution in [-0.4, -0.2) is 24.3 Å². The highest BCUT2D eigenvalue weighted by molar-refractivity contribution is 5.96. The third-order valence-electron chi connectivity index (χ3n) is 12.8. The zero-order chi connectivity index (χ0) is 42.7. The van der Waals surface area contributed by atoms with Crippen molar-refractivity contribution in [3.8, 4) is 0 Å². The second-order valence-electron chi connectivity index (χ2n) is 19.5. The van der Waals surface area contributed by atoms with Gasteiger partial charge in [-0.15, -0.1) is 0 Å². The Morgan fingerprint density at radius 1 is 0.433 bits per heavy atom. The van der Waals surface area contributed by atoms with Gasteiger partial charge in [-0.3, -0.25) is 14.4 Å². The van der Waals surface area contributed by atoms with Gasteiger partial charge in [0, 0.05) is 47.0 Å². The molecule has 3 unspecified atom stereocenters. The van der Waals surface area contributed by atoms with Crippen LogP contribution >= 0.6 is 0 Å². The normalized spacial score (nSPS) is 19.8. The van der Waals surface area contributed by atoms with Crippen molar-refractivity contribution in [3.63, 3.8) is 0 Å². The third-order valence-corrected chi connectivity index (χ3v) is 12.8. The van der Waals surface area contributed by atoms with E-state index in [2.05, 4.69) is 155 Å². The van der Waals surface area contributed by atoms with Crippen molar-refractivity contribution in [3.05, 3.63) is 155 Å². The summed E-state index contributed by atoms with van der Waals surface area (Å²) in [5.41, 5.74) is 11.7. The molecule has 7 nitrogen and oxygen atoms in total. The maximum atomic E-state index is 12.3. The van der Waals surface area contributed by atoms with E-state index in [0.717, 1.165) is 67.8 Å². The molecule has 0 spiro atoms. The molecule has 3 fully saturated rings. The third kappa shape index (κ3) is 11.5. The number of hydrogen-bond donors (Lipinski definition) is 4. The fourth-order valence-corrected chi connectivity index (χ4v) is 7.87. The summed E-state index contributed by atoms with van der Waals surface area (Å²) in [6.07, 6.45) is 5.62. The first-order valence-electron chi connectivity index (χ1n) is 21.6. The van der Waals surface area contributed by atoms with Crippen LogP contribution in [0, 0.1) is 40.9 Å². The van der Waals surface area contributed by atoms with Gasteiger partial charge >= 0.3 is 0 Å². The fourth-order valence-electron chi connectivity index (χ4n) is 7.87. The average molecular weight is 803 g/mol. The molecule has 3 aliphatic carbocycles. The Morgan fingerprint density at radius 3 is 0.983 bits per heavy atom. The summed E-state index contributed by atoms with van der Waals surface area (Å²) in [5.74, 6) is 0.795. The number of benzene rings is 5. The van der Waals surface area contributed by atoms with E-state index in [-0.39, 0.29) is 51.7 Å². The number of carbonyl (C=O) groups is 3. The molecule has 0 radical (unpaired) electrons. The molecule has 0 aliphatic heterocycles. The van der Waals surface area contributed by atoms with Gasteiger partial charge in [0.05, 0.1) is 0 Å². The molecule has 60 heavy (non-hydrogen) atoms. The molecule has 8 rings (SSSR count). The van der Waals surface area contributed by atoms with E-state index in [9.17, 15) is 14.4 Å². The second-order valence-corrected chi connectivity index (χ2v) is 19.5. The largest absolute Gasteiger partial charge is 0.385 e. The molecule has 0 saturated heterocycles. The molecule has 4 N–H and O–H groups in total. The molecule has 0 heterocycles. The van der Waals surface area contributed by atoms with E-state index in [1.54, 1.807) is 0 Å². The van der Waals surface area contributed by atoms with Crippen molar-refractivity contribution >= 4 is 40.5 Å². The first kappa shape index (κ1) is 42.4. The number of nitrogens with one attached hydrogen (secondary N) is 4. The van der Waals surface area contributed by atoms with Crippen LogP contribution in [0.1, 0.15) is 94.2 Å². The smallest absolute Gasteiger partial charge is 0.228 e. The molecule has 312 valence electrons. The molecule has 5 aromatic carbocycles. The Labute approximate surface area is 357 Å². The average Bonchev–Trinajstić information content (AvgIpc) is 4.17. The standard InChI is InChI=1S/C28H32N2O.C25H30N2O2/c1-20-4-6-21(7-5-20)16-17-29-24-12-8-22(9-13-24)18-23-10-14-25(15-11-23)30-27(31)26-19-28(26,2)3;1-24(2)14-20(24)22(28)26-18-9-5-16(6-10-18)13-17-7-11-19(12-8-17)27-23(29)21-15-25(21,3)4/h4-15,26,29H,16-19H2,1-3H3,(H,30,31);5-12,20-21H,13-15H2,1-4H3,(H,26,28)(H,27,29). The maximum absolute atomic E-state index is 12.3. The van der Waals surface area contributed by atoms with Gasteiger partial charge in [0.25, 0.3) is 0 Å². The summed E-state index contributed by atoms with van der Waals surface area (Å²) in [5, 5.41) is 12.6. The van der Waals surface area contributed by atoms with Crippen LogP contribution < -0.4 is 21.3 Å². The summed E-state index contributed by atoms with van der Waals surface area (Å²) in [6, 6.07) is 41.7. The highest BCUT2D eigenvalue weighted by Gasteiger charge is 2.52. The van der Waals surface area contributed by atoms with Crippen LogP contribution in [0.5, 0.6) is 0 Å². The maximum Gasteiger partial charge on any atom is 0.228 e. The Kier molecular flexibility index (Phi) is 12.4. The lowest BCUT2D eigenvalue weighted by Gasteiger charge is -2.09. The van der Waals surface area contributed by atoms with Crippen LogP contribution in [-0.2, 0) is 33.6 Å². The quantitative estimate of drug-likeness (QED) is 0.0898. The minimum absolute atomic E-state index is 0.120. The van der Waals surface area contributed by atoms with Crippen LogP contribution in [0.4, 0.5) is 22.7 Å². The second kappa shape index (κ2) is 17.5. The van der Waals surface area contributed by atoms with Crippen molar-refractivity contribution in [2.75, 3.05) is 27.8 Å². The Morgan fingerprint density at radius 2 is 0.700 bits per heavy atom. The van der Waals surface area contributed by atoms with E-state index in [1.165, 1.54) is 33.4 Å². The van der Waals surface area contributed by atoms with E-state index in [4.69, 9.17) is 0 Å². The number of aryl methyl sites for hydroxylation is 1. The van der Waals surface area contributed by atoms with Crippen molar-refractivity contribution in [2.45, 2.75) is 87.0 Å². The van der Waals surface area contributed by atoms with E-state index in [1.807, 2.05) is 36.4 Å². The number of rotatable bonds is 14. The Bertz CT molecular complexity index is 2200. The summed E-state index contributed by atoms with van der Waals surface area (Å²) in [7, 11) is 0.